The molecule has 0 spiro atoms. The molecule has 3 nitrogen and oxygen atoms in total. The van der Waals surface area contributed by atoms with Gasteiger partial charge in [0.05, 0.1) is 5.69 Å². The van der Waals surface area contributed by atoms with Crippen LogP contribution in [0.5, 0.6) is 5.75 Å². The standard InChI is InChI=1S/C17H24N2OS/c1-6-18-13(4)15-7-8-16(11(2)9-15)20-10-17-19-12(3)14(5)21-17/h7-9,13,18H,6,10H2,1-5H3. The molecule has 1 atom stereocenters. The molecule has 0 radical (unpaired) electrons. The van der Waals surface area contributed by atoms with Crippen LogP contribution in [0.25, 0.3) is 0 Å². The van der Waals surface area contributed by atoms with Crippen molar-refractivity contribution in [2.24, 2.45) is 0 Å². The molecule has 1 unspecified atom stereocenters. The highest BCUT2D eigenvalue weighted by atomic mass is 32.1. The van der Waals surface area contributed by atoms with Crippen molar-refractivity contribution in [1.82, 2.24) is 10.3 Å². The third-order valence-electron chi connectivity index (χ3n) is 3.63. The molecule has 0 saturated heterocycles. The molecule has 0 amide bonds. The van der Waals surface area contributed by atoms with Crippen LogP contribution in [0.1, 0.15) is 46.6 Å². The first-order chi connectivity index (χ1) is 10.0. The lowest BCUT2D eigenvalue weighted by molar-refractivity contribution is 0.303. The van der Waals surface area contributed by atoms with Crippen molar-refractivity contribution in [1.29, 1.82) is 0 Å². The van der Waals surface area contributed by atoms with Gasteiger partial charge in [-0.15, -0.1) is 11.3 Å². The summed E-state index contributed by atoms with van der Waals surface area (Å²) in [7, 11) is 0. The summed E-state index contributed by atoms with van der Waals surface area (Å²) in [5, 5.41) is 4.46. The fourth-order valence-corrected chi connectivity index (χ4v) is 3.12. The number of hydrogen-bond acceptors (Lipinski definition) is 4. The first-order valence-electron chi connectivity index (χ1n) is 7.41. The van der Waals surface area contributed by atoms with Gasteiger partial charge >= 0.3 is 0 Å². The molecule has 0 bridgehead atoms. The molecule has 0 aliphatic rings. The van der Waals surface area contributed by atoms with Crippen LogP contribution in [0.15, 0.2) is 18.2 Å². The number of benzene rings is 1. The van der Waals surface area contributed by atoms with Gasteiger partial charge in [0.2, 0.25) is 0 Å². The highest BCUT2D eigenvalue weighted by Gasteiger charge is 2.08. The molecule has 1 aromatic carbocycles. The SMILES string of the molecule is CCNC(C)c1ccc(OCc2nc(C)c(C)s2)c(C)c1. The number of rotatable bonds is 6. The molecule has 1 heterocycles. The Bertz CT molecular complexity index is 587. The summed E-state index contributed by atoms with van der Waals surface area (Å²) in [6.45, 7) is 12.0. The average Bonchev–Trinajstić information content (AvgIpc) is 2.76. The van der Waals surface area contributed by atoms with Crippen LogP contribution >= 0.6 is 11.3 Å². The summed E-state index contributed by atoms with van der Waals surface area (Å²) in [5.41, 5.74) is 3.56. The van der Waals surface area contributed by atoms with Crippen molar-refractivity contribution in [2.45, 2.75) is 47.3 Å². The molecule has 1 aromatic heterocycles. The average molecular weight is 304 g/mol. The predicted octanol–water partition coefficient (Wildman–Crippen LogP) is 4.32. The van der Waals surface area contributed by atoms with E-state index in [0.29, 0.717) is 12.6 Å². The number of aryl methyl sites for hydroxylation is 3. The third-order valence-corrected chi connectivity index (χ3v) is 4.68. The molecule has 1 N–H and O–H groups in total. The van der Waals surface area contributed by atoms with Crippen LogP contribution in [0.4, 0.5) is 0 Å². The van der Waals surface area contributed by atoms with E-state index in [2.05, 4.69) is 56.2 Å². The predicted molar refractivity (Wildman–Crippen MR) is 89.2 cm³/mol. The second kappa shape index (κ2) is 7.05. The molecular weight excluding hydrogens is 280 g/mol. The minimum absolute atomic E-state index is 0.368. The third kappa shape index (κ3) is 4.05. The van der Waals surface area contributed by atoms with Crippen LogP contribution in [-0.4, -0.2) is 11.5 Å². The van der Waals surface area contributed by atoms with E-state index in [1.54, 1.807) is 11.3 Å². The fourth-order valence-electron chi connectivity index (χ4n) is 2.27. The van der Waals surface area contributed by atoms with Gasteiger partial charge in [-0.25, -0.2) is 4.98 Å². The normalized spacial score (nSPS) is 12.4. The maximum absolute atomic E-state index is 5.91. The van der Waals surface area contributed by atoms with Crippen molar-refractivity contribution in [2.75, 3.05) is 6.54 Å². The Kier molecular flexibility index (Phi) is 5.37. The molecule has 0 aliphatic carbocycles. The Morgan fingerprint density at radius 2 is 2.05 bits per heavy atom. The van der Waals surface area contributed by atoms with Crippen LogP contribution in [-0.2, 0) is 6.61 Å². The van der Waals surface area contributed by atoms with E-state index in [1.807, 2.05) is 6.92 Å². The number of nitrogens with one attached hydrogen (secondary N) is 1. The molecule has 2 rings (SSSR count). The Balaban J connectivity index is 2.04. The van der Waals surface area contributed by atoms with Crippen molar-refractivity contribution in [3.8, 4) is 5.75 Å². The summed E-state index contributed by atoms with van der Waals surface area (Å²) in [6, 6.07) is 6.76. The van der Waals surface area contributed by atoms with E-state index in [-0.39, 0.29) is 0 Å². The van der Waals surface area contributed by atoms with Crippen LogP contribution in [0.3, 0.4) is 0 Å². The van der Waals surface area contributed by atoms with E-state index in [0.717, 1.165) is 23.0 Å². The van der Waals surface area contributed by atoms with E-state index < -0.39 is 0 Å². The smallest absolute Gasteiger partial charge is 0.140 e. The van der Waals surface area contributed by atoms with Gasteiger partial charge in [-0.05, 0) is 51.4 Å². The first-order valence-corrected chi connectivity index (χ1v) is 8.22. The topological polar surface area (TPSA) is 34.1 Å². The van der Waals surface area contributed by atoms with Gasteiger partial charge in [0.15, 0.2) is 0 Å². The van der Waals surface area contributed by atoms with E-state index in [4.69, 9.17) is 4.74 Å². The van der Waals surface area contributed by atoms with Crippen LogP contribution in [0, 0.1) is 20.8 Å². The molecule has 0 fully saturated rings. The molecule has 114 valence electrons. The zero-order valence-electron chi connectivity index (χ0n) is 13.5. The van der Waals surface area contributed by atoms with Gasteiger partial charge in [-0.3, -0.25) is 0 Å². The lowest BCUT2D eigenvalue weighted by Crippen LogP contribution is -2.17. The molecule has 2 aromatic rings. The molecule has 4 heteroatoms. The zero-order chi connectivity index (χ0) is 15.4. The fraction of sp³-hybridized carbons (Fsp3) is 0.471. The summed E-state index contributed by atoms with van der Waals surface area (Å²) in [5.74, 6) is 0.938. The quantitative estimate of drug-likeness (QED) is 0.863. The number of hydrogen-bond donors (Lipinski definition) is 1. The monoisotopic (exact) mass is 304 g/mol. The zero-order valence-corrected chi connectivity index (χ0v) is 14.3. The van der Waals surface area contributed by atoms with E-state index in [1.165, 1.54) is 16.0 Å². The maximum atomic E-state index is 5.91. The lowest BCUT2D eigenvalue weighted by Gasteiger charge is -2.15. The minimum Gasteiger partial charge on any atom is -0.486 e. The highest BCUT2D eigenvalue weighted by molar-refractivity contribution is 7.11. The molecular formula is C17H24N2OS. The Hall–Kier alpha value is -1.39. The first kappa shape index (κ1) is 16.0. The van der Waals surface area contributed by atoms with Gasteiger partial charge in [-0.2, -0.15) is 0 Å². The van der Waals surface area contributed by atoms with Crippen molar-refractivity contribution < 1.29 is 4.74 Å². The maximum Gasteiger partial charge on any atom is 0.140 e. The molecule has 0 aliphatic heterocycles. The van der Waals surface area contributed by atoms with Crippen LogP contribution < -0.4 is 10.1 Å². The van der Waals surface area contributed by atoms with Gasteiger partial charge in [0.1, 0.15) is 17.4 Å². The van der Waals surface area contributed by atoms with Gasteiger partial charge < -0.3 is 10.1 Å². The second-order valence-corrected chi connectivity index (χ2v) is 6.63. The summed E-state index contributed by atoms with van der Waals surface area (Å²) in [6.07, 6.45) is 0. The van der Waals surface area contributed by atoms with Gasteiger partial charge in [0, 0.05) is 10.9 Å². The Morgan fingerprint density at radius 1 is 1.29 bits per heavy atom. The van der Waals surface area contributed by atoms with Crippen molar-refractivity contribution >= 4 is 11.3 Å². The number of nitrogens with zero attached hydrogens (tertiary/aromatic N) is 1. The van der Waals surface area contributed by atoms with Crippen molar-refractivity contribution in [3.05, 3.63) is 44.9 Å². The van der Waals surface area contributed by atoms with Crippen LogP contribution in [0.2, 0.25) is 0 Å². The van der Waals surface area contributed by atoms with Gasteiger partial charge in [-0.1, -0.05) is 19.1 Å². The largest absolute Gasteiger partial charge is 0.486 e. The Morgan fingerprint density at radius 3 is 2.62 bits per heavy atom. The molecule has 0 saturated carbocycles. The summed E-state index contributed by atoms with van der Waals surface area (Å²) in [4.78, 5) is 5.77. The van der Waals surface area contributed by atoms with Crippen molar-refractivity contribution in [3.63, 3.8) is 0 Å². The summed E-state index contributed by atoms with van der Waals surface area (Å²) >= 11 is 1.71. The lowest BCUT2D eigenvalue weighted by atomic mass is 10.1. The highest BCUT2D eigenvalue weighted by Crippen LogP contribution is 2.24. The number of thiazole rings is 1. The van der Waals surface area contributed by atoms with E-state index in [9.17, 15) is 0 Å². The van der Waals surface area contributed by atoms with Gasteiger partial charge in [0.25, 0.3) is 0 Å². The number of aromatic nitrogens is 1. The summed E-state index contributed by atoms with van der Waals surface area (Å²) < 4.78 is 5.91. The number of ether oxygens (including phenoxy) is 1. The molecule has 21 heavy (non-hydrogen) atoms. The Labute approximate surface area is 131 Å². The van der Waals surface area contributed by atoms with E-state index >= 15 is 0 Å². The minimum atomic E-state index is 0.368. The second-order valence-electron chi connectivity index (χ2n) is 5.34.